The van der Waals surface area contributed by atoms with E-state index in [0.29, 0.717) is 11.5 Å². The monoisotopic (exact) mass is 216 g/mol. The Hall–Kier alpha value is -0.540. The summed E-state index contributed by atoms with van der Waals surface area (Å²) in [6, 6.07) is 0. The third-order valence-corrected chi connectivity index (χ3v) is 4.68. The molecule has 0 aromatic carbocycles. The highest BCUT2D eigenvalue weighted by molar-refractivity contribution is 8.07. The zero-order chi connectivity index (χ0) is 9.73. The maximum Gasteiger partial charge on any atom is 0.236 e. The van der Waals surface area contributed by atoms with Crippen LogP contribution < -0.4 is 0 Å². The minimum Gasteiger partial charge on any atom is -0.211 e. The van der Waals surface area contributed by atoms with Gasteiger partial charge in [0.25, 0.3) is 0 Å². The van der Waals surface area contributed by atoms with Crippen molar-refractivity contribution in [2.75, 3.05) is 11.5 Å². The number of nitrogens with zero attached hydrogens (tertiary/aromatic N) is 2. The van der Waals surface area contributed by atoms with Gasteiger partial charge in [-0.3, -0.25) is 0 Å². The molecule has 0 radical (unpaired) electrons. The highest BCUT2D eigenvalue weighted by Crippen LogP contribution is 2.39. The summed E-state index contributed by atoms with van der Waals surface area (Å²) in [6.07, 6.45) is 3.09. The summed E-state index contributed by atoms with van der Waals surface area (Å²) < 4.78 is 0. The molecule has 6 heteroatoms. The average molecular weight is 216 g/mol. The zero-order valence-corrected chi connectivity index (χ0v) is 8.65. The predicted octanol–water partition coefficient (Wildman–Crippen LogP) is 1.18. The molecule has 13 heavy (non-hydrogen) atoms. The quantitative estimate of drug-likeness (QED) is 0.513. The molecule has 1 fully saturated rings. The van der Waals surface area contributed by atoms with Crippen molar-refractivity contribution in [1.29, 1.82) is 0 Å². The number of carbonyl (C=O) groups excluding carboxylic acids is 2. The van der Waals surface area contributed by atoms with Crippen molar-refractivity contribution in [3.8, 4) is 0 Å². The molecule has 0 amide bonds. The summed E-state index contributed by atoms with van der Waals surface area (Å²) in [5, 5.41) is -0.0440. The lowest BCUT2D eigenvalue weighted by Crippen LogP contribution is -2.29. The van der Waals surface area contributed by atoms with Crippen LogP contribution in [-0.4, -0.2) is 33.9 Å². The molecule has 1 aliphatic rings. The lowest BCUT2D eigenvalue weighted by Gasteiger charge is -2.29. The van der Waals surface area contributed by atoms with E-state index in [0.717, 1.165) is 0 Å². The van der Waals surface area contributed by atoms with Crippen molar-refractivity contribution in [1.82, 2.24) is 0 Å². The maximum atomic E-state index is 10.1. The molecule has 1 aliphatic heterocycles. The third-order valence-electron chi connectivity index (χ3n) is 1.56. The normalized spacial score (nSPS) is 32.8. The van der Waals surface area contributed by atoms with Crippen molar-refractivity contribution in [3.05, 3.63) is 0 Å². The molecule has 4 nitrogen and oxygen atoms in total. The molecule has 2 atom stereocenters. The largest absolute Gasteiger partial charge is 0.236 e. The Morgan fingerprint density at radius 1 is 1.46 bits per heavy atom. The van der Waals surface area contributed by atoms with Crippen molar-refractivity contribution in [3.63, 3.8) is 0 Å². The number of isocyanates is 2. The molecule has 70 valence electrons. The van der Waals surface area contributed by atoms with Crippen LogP contribution in [0.2, 0.25) is 0 Å². The standard InChI is InChI=1S/C7H8N2O2S2/c1-7(9-5-11)3-12-6(2-13-7)8-4-10/h6H,2-3H2,1H3. The van der Waals surface area contributed by atoms with Gasteiger partial charge in [0.1, 0.15) is 10.2 Å². The van der Waals surface area contributed by atoms with Crippen LogP contribution >= 0.6 is 23.5 Å². The minimum atomic E-state index is -0.401. The fraction of sp³-hybridized carbons (Fsp3) is 0.714. The summed E-state index contributed by atoms with van der Waals surface area (Å²) >= 11 is 3.03. The van der Waals surface area contributed by atoms with Crippen LogP contribution in [0.15, 0.2) is 9.98 Å². The van der Waals surface area contributed by atoms with E-state index in [1.807, 2.05) is 6.92 Å². The second-order valence-electron chi connectivity index (χ2n) is 2.68. The summed E-state index contributed by atoms with van der Waals surface area (Å²) in [6.45, 7) is 1.87. The Bertz CT molecular complexity index is 274. The molecule has 1 rings (SSSR count). The van der Waals surface area contributed by atoms with Crippen LogP contribution in [0.5, 0.6) is 0 Å². The predicted molar refractivity (Wildman–Crippen MR) is 53.4 cm³/mol. The fourth-order valence-electron chi connectivity index (χ4n) is 0.886. The molecule has 1 saturated heterocycles. The Labute approximate surface area is 84.3 Å². The Balaban J connectivity index is 2.55. The molecule has 0 spiro atoms. The van der Waals surface area contributed by atoms with Crippen LogP contribution in [0.25, 0.3) is 0 Å². The van der Waals surface area contributed by atoms with E-state index in [4.69, 9.17) is 0 Å². The van der Waals surface area contributed by atoms with Crippen LogP contribution in [0.4, 0.5) is 0 Å². The molecule has 0 N–H and O–H groups in total. The SMILES string of the molecule is CC1(N=C=O)CSC(N=C=O)CS1. The number of rotatable bonds is 2. The summed E-state index contributed by atoms with van der Waals surface area (Å²) in [5.74, 6) is 1.35. The van der Waals surface area contributed by atoms with E-state index in [2.05, 4.69) is 9.98 Å². The molecule has 0 saturated carbocycles. The van der Waals surface area contributed by atoms with Gasteiger partial charge in [0.2, 0.25) is 12.2 Å². The molecular weight excluding hydrogens is 208 g/mol. The number of aliphatic imine (C=N–C) groups is 2. The van der Waals surface area contributed by atoms with Crippen molar-refractivity contribution < 1.29 is 9.59 Å². The van der Waals surface area contributed by atoms with Gasteiger partial charge in [0, 0.05) is 11.5 Å². The van der Waals surface area contributed by atoms with Crippen LogP contribution in [0, 0.1) is 0 Å². The van der Waals surface area contributed by atoms with Crippen LogP contribution in [0.1, 0.15) is 6.92 Å². The van der Waals surface area contributed by atoms with E-state index in [9.17, 15) is 9.59 Å². The summed E-state index contributed by atoms with van der Waals surface area (Å²) in [7, 11) is 0. The summed E-state index contributed by atoms with van der Waals surface area (Å²) in [4.78, 5) is 27.0. The van der Waals surface area contributed by atoms with Gasteiger partial charge >= 0.3 is 0 Å². The van der Waals surface area contributed by atoms with Crippen molar-refractivity contribution >= 4 is 35.7 Å². The van der Waals surface area contributed by atoms with E-state index >= 15 is 0 Å². The second-order valence-corrected chi connectivity index (χ2v) is 5.34. The third kappa shape index (κ3) is 3.01. The van der Waals surface area contributed by atoms with Gasteiger partial charge in [-0.05, 0) is 6.92 Å². The van der Waals surface area contributed by atoms with Crippen LogP contribution in [0.3, 0.4) is 0 Å². The van der Waals surface area contributed by atoms with Gasteiger partial charge in [-0.1, -0.05) is 0 Å². The number of thioether (sulfide) groups is 2. The van der Waals surface area contributed by atoms with E-state index in [1.54, 1.807) is 6.08 Å². The van der Waals surface area contributed by atoms with Gasteiger partial charge < -0.3 is 0 Å². The average Bonchev–Trinajstić information content (AvgIpc) is 2.10. The molecular formula is C7H8N2O2S2. The van der Waals surface area contributed by atoms with Gasteiger partial charge in [-0.15, -0.1) is 23.5 Å². The Kier molecular flexibility index (Phi) is 3.75. The van der Waals surface area contributed by atoms with E-state index in [1.165, 1.54) is 29.6 Å². The smallest absolute Gasteiger partial charge is 0.211 e. The highest BCUT2D eigenvalue weighted by Gasteiger charge is 2.31. The molecule has 0 aliphatic carbocycles. The maximum absolute atomic E-state index is 10.1. The highest BCUT2D eigenvalue weighted by atomic mass is 32.2. The fourth-order valence-corrected chi connectivity index (χ4v) is 3.37. The van der Waals surface area contributed by atoms with E-state index < -0.39 is 4.87 Å². The molecule has 2 unspecified atom stereocenters. The lowest BCUT2D eigenvalue weighted by atomic mass is 10.4. The van der Waals surface area contributed by atoms with Crippen LogP contribution in [-0.2, 0) is 9.59 Å². The van der Waals surface area contributed by atoms with Crippen molar-refractivity contribution in [2.24, 2.45) is 9.98 Å². The second kappa shape index (κ2) is 4.63. The number of hydrogen-bond acceptors (Lipinski definition) is 6. The minimum absolute atomic E-state index is 0.0440. The van der Waals surface area contributed by atoms with Gasteiger partial charge in [0.15, 0.2) is 0 Å². The van der Waals surface area contributed by atoms with E-state index in [-0.39, 0.29) is 5.37 Å². The van der Waals surface area contributed by atoms with Crippen molar-refractivity contribution in [2.45, 2.75) is 17.2 Å². The first kappa shape index (κ1) is 10.5. The zero-order valence-electron chi connectivity index (χ0n) is 7.02. The van der Waals surface area contributed by atoms with Gasteiger partial charge in [-0.2, -0.15) is 9.98 Å². The molecule has 1 heterocycles. The first-order valence-corrected chi connectivity index (χ1v) is 5.65. The first-order chi connectivity index (χ1) is 6.20. The summed E-state index contributed by atoms with van der Waals surface area (Å²) in [5.41, 5.74) is 0. The molecule has 0 aromatic heterocycles. The Morgan fingerprint density at radius 2 is 2.23 bits per heavy atom. The van der Waals surface area contributed by atoms with Gasteiger partial charge in [-0.25, -0.2) is 9.59 Å². The number of hydrogen-bond donors (Lipinski definition) is 0. The molecule has 0 bridgehead atoms. The van der Waals surface area contributed by atoms with Gasteiger partial charge in [0.05, 0.1) is 0 Å². The topological polar surface area (TPSA) is 58.9 Å². The first-order valence-electron chi connectivity index (χ1n) is 3.62. The Morgan fingerprint density at radius 3 is 2.69 bits per heavy atom. The lowest BCUT2D eigenvalue weighted by molar-refractivity contribution is 0.557. The molecule has 0 aromatic rings.